The van der Waals surface area contributed by atoms with Crippen molar-refractivity contribution in [2.24, 2.45) is 13.0 Å². The molecule has 0 spiro atoms. The lowest BCUT2D eigenvalue weighted by Crippen LogP contribution is -2.34. The summed E-state index contributed by atoms with van der Waals surface area (Å²) in [4.78, 5) is 14.3. The van der Waals surface area contributed by atoms with Gasteiger partial charge < -0.3 is 4.74 Å². The van der Waals surface area contributed by atoms with E-state index >= 15 is 0 Å². The fourth-order valence-electron chi connectivity index (χ4n) is 2.79. The lowest BCUT2D eigenvalue weighted by atomic mass is 9.94. The molecule has 5 nitrogen and oxygen atoms in total. The summed E-state index contributed by atoms with van der Waals surface area (Å²) in [5, 5.41) is 4.21. The van der Waals surface area contributed by atoms with Crippen LogP contribution in [0.4, 0.5) is 0 Å². The highest BCUT2D eigenvalue weighted by atomic mass is 16.5. The first-order valence-electron chi connectivity index (χ1n) is 7.56. The number of aryl methyl sites for hydroxylation is 1. The molecule has 5 heteroatoms. The van der Waals surface area contributed by atoms with E-state index in [1.165, 1.54) is 19.3 Å². The third-order valence-corrected chi connectivity index (χ3v) is 4.21. The van der Waals surface area contributed by atoms with Crippen molar-refractivity contribution >= 4 is 5.97 Å². The van der Waals surface area contributed by atoms with Gasteiger partial charge in [0.25, 0.3) is 0 Å². The topological polar surface area (TPSA) is 47.4 Å². The minimum absolute atomic E-state index is 0.265. The Bertz CT molecular complexity index is 448. The molecular weight excluding hydrogens is 254 g/mol. The number of ether oxygens (including phenoxy) is 1. The maximum atomic E-state index is 11.9. The third-order valence-electron chi connectivity index (χ3n) is 4.21. The Hall–Kier alpha value is -1.36. The monoisotopic (exact) mass is 279 g/mol. The largest absolute Gasteiger partial charge is 0.462 e. The Morgan fingerprint density at radius 3 is 2.70 bits per heavy atom. The number of rotatable bonds is 5. The number of carbonyl (C=O) groups excluding carboxylic acids is 1. The molecular formula is C15H25N3O2. The zero-order valence-corrected chi connectivity index (χ0v) is 12.8. The van der Waals surface area contributed by atoms with Crippen LogP contribution < -0.4 is 0 Å². The fourth-order valence-corrected chi connectivity index (χ4v) is 2.79. The molecule has 1 fully saturated rings. The maximum Gasteiger partial charge on any atom is 0.341 e. The smallest absolute Gasteiger partial charge is 0.341 e. The van der Waals surface area contributed by atoms with Crippen molar-refractivity contribution in [3.63, 3.8) is 0 Å². The third kappa shape index (κ3) is 3.39. The van der Waals surface area contributed by atoms with Gasteiger partial charge >= 0.3 is 5.97 Å². The lowest BCUT2D eigenvalue weighted by Gasteiger charge is -2.31. The van der Waals surface area contributed by atoms with Gasteiger partial charge in [-0.2, -0.15) is 5.10 Å². The number of esters is 1. The summed E-state index contributed by atoms with van der Waals surface area (Å²) in [5.41, 5.74) is 1.56. The highest BCUT2D eigenvalue weighted by Gasteiger charge is 2.22. The van der Waals surface area contributed by atoms with Crippen molar-refractivity contribution in [3.8, 4) is 0 Å². The maximum absolute atomic E-state index is 11.9. The summed E-state index contributed by atoms with van der Waals surface area (Å²) < 4.78 is 6.88. The summed E-state index contributed by atoms with van der Waals surface area (Å²) in [6.07, 6.45) is 5.39. The molecule has 0 atom stereocenters. The van der Waals surface area contributed by atoms with Crippen molar-refractivity contribution < 1.29 is 9.53 Å². The average molecular weight is 279 g/mol. The average Bonchev–Trinajstić information content (AvgIpc) is 2.81. The molecule has 0 amide bonds. The summed E-state index contributed by atoms with van der Waals surface area (Å²) in [7, 11) is 1.89. The molecule has 20 heavy (non-hydrogen) atoms. The summed E-state index contributed by atoms with van der Waals surface area (Å²) >= 11 is 0. The number of likely N-dealkylation sites (tertiary alicyclic amines) is 1. The Kier molecular flexibility index (Phi) is 5.17. The van der Waals surface area contributed by atoms with E-state index in [-0.39, 0.29) is 5.97 Å². The normalized spacial score (nSPS) is 17.4. The number of nitrogens with zero attached hydrogens (tertiary/aromatic N) is 3. The van der Waals surface area contributed by atoms with E-state index in [0.717, 1.165) is 31.2 Å². The molecule has 112 valence electrons. The first-order chi connectivity index (χ1) is 9.65. The van der Waals surface area contributed by atoms with E-state index in [2.05, 4.69) is 16.9 Å². The van der Waals surface area contributed by atoms with Crippen LogP contribution in [0.25, 0.3) is 0 Å². The number of hydrogen-bond acceptors (Lipinski definition) is 4. The van der Waals surface area contributed by atoms with Gasteiger partial charge in [-0.05, 0) is 38.8 Å². The van der Waals surface area contributed by atoms with Crippen molar-refractivity contribution in [1.82, 2.24) is 14.7 Å². The predicted molar refractivity (Wildman–Crippen MR) is 77.5 cm³/mol. The van der Waals surface area contributed by atoms with Crippen LogP contribution in [0.1, 0.15) is 49.2 Å². The van der Waals surface area contributed by atoms with Gasteiger partial charge in [-0.3, -0.25) is 9.58 Å². The van der Waals surface area contributed by atoms with Crippen LogP contribution in [0.2, 0.25) is 0 Å². The molecule has 1 aromatic heterocycles. The molecule has 1 aliphatic heterocycles. The van der Waals surface area contributed by atoms with Gasteiger partial charge in [-0.25, -0.2) is 4.79 Å². The Balaban J connectivity index is 2.02. The van der Waals surface area contributed by atoms with Crippen LogP contribution in [0.15, 0.2) is 6.20 Å². The van der Waals surface area contributed by atoms with Crippen molar-refractivity contribution in [2.45, 2.75) is 39.7 Å². The second-order valence-electron chi connectivity index (χ2n) is 5.48. The molecule has 1 saturated heterocycles. The molecule has 2 rings (SSSR count). The van der Waals surface area contributed by atoms with E-state index in [9.17, 15) is 4.79 Å². The highest BCUT2D eigenvalue weighted by molar-refractivity contribution is 5.90. The van der Waals surface area contributed by atoms with Crippen LogP contribution in [0, 0.1) is 5.92 Å². The Morgan fingerprint density at radius 2 is 2.10 bits per heavy atom. The predicted octanol–water partition coefficient (Wildman–Crippen LogP) is 2.22. The molecule has 0 saturated carbocycles. The van der Waals surface area contributed by atoms with Gasteiger partial charge in [0, 0.05) is 13.6 Å². The zero-order chi connectivity index (χ0) is 14.5. The molecule has 0 aliphatic carbocycles. The number of hydrogen-bond donors (Lipinski definition) is 0. The van der Waals surface area contributed by atoms with Gasteiger partial charge in [0.2, 0.25) is 0 Å². The minimum Gasteiger partial charge on any atom is -0.462 e. The molecule has 0 unspecified atom stereocenters. The fraction of sp³-hybridized carbons (Fsp3) is 0.733. The standard InChI is InChI=1S/C15H25N3O2/c1-4-12-6-8-18(9-7-12)11-14-13(10-16-17(14)3)15(19)20-5-2/h10,12H,4-9,11H2,1-3H3. The number of carbonyl (C=O) groups is 1. The molecule has 0 aromatic carbocycles. The van der Waals surface area contributed by atoms with Gasteiger partial charge in [-0.1, -0.05) is 13.3 Å². The first-order valence-corrected chi connectivity index (χ1v) is 7.56. The quantitative estimate of drug-likeness (QED) is 0.775. The van der Waals surface area contributed by atoms with E-state index < -0.39 is 0 Å². The molecule has 0 N–H and O–H groups in total. The van der Waals surface area contributed by atoms with Gasteiger partial charge in [0.05, 0.1) is 18.5 Å². The van der Waals surface area contributed by atoms with Crippen LogP contribution in [0.3, 0.4) is 0 Å². The molecule has 1 aromatic rings. The van der Waals surface area contributed by atoms with Crippen LogP contribution >= 0.6 is 0 Å². The van der Waals surface area contributed by atoms with E-state index in [0.29, 0.717) is 12.2 Å². The van der Waals surface area contributed by atoms with Crippen LogP contribution in [-0.2, 0) is 18.3 Å². The van der Waals surface area contributed by atoms with Crippen molar-refractivity contribution in [2.75, 3.05) is 19.7 Å². The lowest BCUT2D eigenvalue weighted by molar-refractivity contribution is 0.0523. The van der Waals surface area contributed by atoms with Crippen molar-refractivity contribution in [3.05, 3.63) is 17.5 Å². The second-order valence-corrected chi connectivity index (χ2v) is 5.48. The molecule has 0 bridgehead atoms. The molecule has 1 aliphatic rings. The van der Waals surface area contributed by atoms with Crippen LogP contribution in [0.5, 0.6) is 0 Å². The zero-order valence-electron chi connectivity index (χ0n) is 12.8. The van der Waals surface area contributed by atoms with E-state index in [1.54, 1.807) is 10.9 Å². The SMILES string of the molecule is CCOC(=O)c1cnn(C)c1CN1CCC(CC)CC1. The Morgan fingerprint density at radius 1 is 1.40 bits per heavy atom. The van der Waals surface area contributed by atoms with Crippen LogP contribution in [-0.4, -0.2) is 40.3 Å². The summed E-state index contributed by atoms with van der Waals surface area (Å²) in [5.74, 6) is 0.598. The number of piperidine rings is 1. The highest BCUT2D eigenvalue weighted by Crippen LogP contribution is 2.22. The van der Waals surface area contributed by atoms with Crippen molar-refractivity contribution in [1.29, 1.82) is 0 Å². The molecule has 0 radical (unpaired) electrons. The first kappa shape index (κ1) is 15.0. The number of aromatic nitrogens is 2. The van der Waals surface area contributed by atoms with E-state index in [1.807, 2.05) is 14.0 Å². The van der Waals surface area contributed by atoms with Gasteiger partial charge in [0.15, 0.2) is 0 Å². The summed E-state index contributed by atoms with van der Waals surface area (Å²) in [6, 6.07) is 0. The minimum atomic E-state index is -0.265. The summed E-state index contributed by atoms with van der Waals surface area (Å²) in [6.45, 7) is 7.47. The second kappa shape index (κ2) is 6.88. The van der Waals surface area contributed by atoms with Gasteiger partial charge in [0.1, 0.15) is 5.56 Å². The Labute approximate surface area is 120 Å². The van der Waals surface area contributed by atoms with E-state index in [4.69, 9.17) is 4.74 Å². The van der Waals surface area contributed by atoms with Gasteiger partial charge in [-0.15, -0.1) is 0 Å². The molecule has 2 heterocycles.